The van der Waals surface area contributed by atoms with Crippen LogP contribution < -0.4 is 5.32 Å². The fourth-order valence-corrected chi connectivity index (χ4v) is 1.45. The molecule has 19 heavy (non-hydrogen) atoms. The lowest BCUT2D eigenvalue weighted by Gasteiger charge is -2.15. The van der Waals surface area contributed by atoms with Gasteiger partial charge in [0.2, 0.25) is 11.8 Å². The van der Waals surface area contributed by atoms with Crippen molar-refractivity contribution in [1.82, 2.24) is 4.90 Å². The number of aromatic carboxylic acids is 1. The van der Waals surface area contributed by atoms with E-state index >= 15 is 0 Å². The summed E-state index contributed by atoms with van der Waals surface area (Å²) in [6, 6.07) is 4.43. The highest BCUT2D eigenvalue weighted by atomic mass is 16.4. The maximum Gasteiger partial charge on any atom is 0.335 e. The molecule has 0 saturated carbocycles. The lowest BCUT2D eigenvalue weighted by atomic mass is 10.1. The van der Waals surface area contributed by atoms with Crippen LogP contribution in [-0.4, -0.2) is 41.4 Å². The van der Waals surface area contributed by atoms with Gasteiger partial charge in [0, 0.05) is 19.7 Å². The Morgan fingerprint density at radius 2 is 1.95 bits per heavy atom. The predicted octanol–water partition coefficient (Wildman–Crippen LogP) is 1.11. The maximum absolute atomic E-state index is 11.7. The average molecular weight is 264 g/mol. The monoisotopic (exact) mass is 264 g/mol. The number of benzene rings is 1. The summed E-state index contributed by atoms with van der Waals surface area (Å²) in [5.41, 5.74) is 1.35. The number of carbonyl (C=O) groups is 3. The minimum Gasteiger partial charge on any atom is -0.478 e. The molecule has 0 heterocycles. The van der Waals surface area contributed by atoms with Crippen molar-refractivity contribution in [1.29, 1.82) is 0 Å². The van der Waals surface area contributed by atoms with Gasteiger partial charge >= 0.3 is 5.97 Å². The van der Waals surface area contributed by atoms with Crippen LogP contribution in [0.1, 0.15) is 22.8 Å². The summed E-state index contributed by atoms with van der Waals surface area (Å²) < 4.78 is 0. The molecule has 1 rings (SSSR count). The number of hydrogen-bond acceptors (Lipinski definition) is 3. The lowest BCUT2D eigenvalue weighted by Crippen LogP contribution is -2.33. The second-order valence-corrected chi connectivity index (χ2v) is 4.26. The topological polar surface area (TPSA) is 86.7 Å². The largest absolute Gasteiger partial charge is 0.478 e. The molecule has 102 valence electrons. The summed E-state index contributed by atoms with van der Waals surface area (Å²) in [7, 11) is 1.53. The number of amides is 2. The van der Waals surface area contributed by atoms with E-state index in [2.05, 4.69) is 5.32 Å². The highest BCUT2D eigenvalue weighted by Gasteiger charge is 2.11. The molecule has 6 heteroatoms. The van der Waals surface area contributed by atoms with Crippen molar-refractivity contribution in [2.75, 3.05) is 18.9 Å². The summed E-state index contributed by atoms with van der Waals surface area (Å²) in [5.74, 6) is -1.55. The molecular weight excluding hydrogens is 248 g/mol. The van der Waals surface area contributed by atoms with E-state index in [1.165, 1.54) is 37.1 Å². The molecule has 0 aliphatic carbocycles. The SMILES string of the molecule is CC(=O)N(C)CC(=O)Nc1ccc(C(=O)O)cc1C. The molecule has 1 aromatic carbocycles. The van der Waals surface area contributed by atoms with Crippen molar-refractivity contribution in [3.05, 3.63) is 29.3 Å². The van der Waals surface area contributed by atoms with Crippen molar-refractivity contribution >= 4 is 23.5 Å². The molecule has 0 unspecified atom stereocenters. The van der Waals surface area contributed by atoms with Gasteiger partial charge in [-0.2, -0.15) is 0 Å². The van der Waals surface area contributed by atoms with Gasteiger partial charge in [-0.05, 0) is 30.7 Å². The molecule has 0 aliphatic heterocycles. The molecule has 0 aromatic heterocycles. The van der Waals surface area contributed by atoms with Gasteiger partial charge in [-0.1, -0.05) is 0 Å². The minimum absolute atomic E-state index is 0.0462. The quantitative estimate of drug-likeness (QED) is 0.852. The normalized spacial score (nSPS) is 9.84. The molecule has 0 aliphatic rings. The Morgan fingerprint density at radius 1 is 1.32 bits per heavy atom. The fraction of sp³-hybridized carbons (Fsp3) is 0.308. The van der Waals surface area contributed by atoms with Crippen LogP contribution in [-0.2, 0) is 9.59 Å². The first-order valence-corrected chi connectivity index (χ1v) is 5.66. The molecule has 0 spiro atoms. The van der Waals surface area contributed by atoms with E-state index in [4.69, 9.17) is 5.11 Å². The lowest BCUT2D eigenvalue weighted by molar-refractivity contribution is -0.131. The molecule has 1 aromatic rings. The zero-order chi connectivity index (χ0) is 14.6. The minimum atomic E-state index is -1.02. The van der Waals surface area contributed by atoms with E-state index in [-0.39, 0.29) is 23.9 Å². The Morgan fingerprint density at radius 3 is 2.42 bits per heavy atom. The average Bonchev–Trinajstić information content (AvgIpc) is 2.31. The Bertz CT molecular complexity index is 525. The molecule has 6 nitrogen and oxygen atoms in total. The zero-order valence-electron chi connectivity index (χ0n) is 11.1. The molecule has 0 bridgehead atoms. The Hall–Kier alpha value is -2.37. The molecule has 2 amide bonds. The number of nitrogens with one attached hydrogen (secondary N) is 1. The highest BCUT2D eigenvalue weighted by molar-refractivity contribution is 5.95. The number of aryl methyl sites for hydroxylation is 1. The molecule has 0 fully saturated rings. The standard InChI is InChI=1S/C13H16N2O4/c1-8-6-10(13(18)19)4-5-11(8)14-12(17)7-15(3)9(2)16/h4-6H,7H2,1-3H3,(H,14,17)(H,18,19). The number of rotatable bonds is 4. The van der Waals surface area contributed by atoms with Crippen LogP contribution in [0.25, 0.3) is 0 Å². The van der Waals surface area contributed by atoms with Crippen LogP contribution in [0.15, 0.2) is 18.2 Å². The van der Waals surface area contributed by atoms with E-state index < -0.39 is 5.97 Å². The van der Waals surface area contributed by atoms with Crippen LogP contribution in [0.4, 0.5) is 5.69 Å². The van der Waals surface area contributed by atoms with Gasteiger partial charge in [0.15, 0.2) is 0 Å². The number of anilines is 1. The van der Waals surface area contributed by atoms with E-state index in [0.717, 1.165) is 0 Å². The number of hydrogen-bond donors (Lipinski definition) is 2. The van der Waals surface area contributed by atoms with Gasteiger partial charge in [0.25, 0.3) is 0 Å². The van der Waals surface area contributed by atoms with Crippen LogP contribution in [0, 0.1) is 6.92 Å². The number of carboxylic acid groups (broad SMARTS) is 1. The first-order chi connectivity index (χ1) is 8.81. The van der Waals surface area contributed by atoms with Crippen molar-refractivity contribution in [3.8, 4) is 0 Å². The summed E-state index contributed by atoms with van der Waals surface area (Å²) in [4.78, 5) is 34.7. The van der Waals surface area contributed by atoms with Gasteiger partial charge in [-0.15, -0.1) is 0 Å². The molecule has 0 radical (unpaired) electrons. The summed E-state index contributed by atoms with van der Waals surface area (Å²) >= 11 is 0. The van der Waals surface area contributed by atoms with E-state index in [1.807, 2.05) is 0 Å². The van der Waals surface area contributed by atoms with Crippen molar-refractivity contribution < 1.29 is 19.5 Å². The second kappa shape index (κ2) is 5.99. The maximum atomic E-state index is 11.7. The summed E-state index contributed by atoms with van der Waals surface area (Å²) in [5, 5.41) is 11.5. The van der Waals surface area contributed by atoms with Crippen molar-refractivity contribution in [2.45, 2.75) is 13.8 Å². The molecule has 0 atom stereocenters. The van der Waals surface area contributed by atoms with Gasteiger partial charge in [0.1, 0.15) is 0 Å². The first-order valence-electron chi connectivity index (χ1n) is 5.66. The van der Waals surface area contributed by atoms with Crippen molar-refractivity contribution in [2.24, 2.45) is 0 Å². The smallest absolute Gasteiger partial charge is 0.335 e. The Labute approximate surface area is 111 Å². The summed E-state index contributed by atoms with van der Waals surface area (Å²) in [6.45, 7) is 3.03. The second-order valence-electron chi connectivity index (χ2n) is 4.26. The number of likely N-dealkylation sites (N-methyl/N-ethyl adjacent to an activating group) is 1. The van der Waals surface area contributed by atoms with E-state index in [1.54, 1.807) is 6.92 Å². The molecule has 0 saturated heterocycles. The predicted molar refractivity (Wildman–Crippen MR) is 70.1 cm³/mol. The van der Waals surface area contributed by atoms with Gasteiger partial charge in [-0.25, -0.2) is 4.79 Å². The number of carboxylic acids is 1. The molecular formula is C13H16N2O4. The Balaban J connectivity index is 2.75. The molecule has 2 N–H and O–H groups in total. The van der Waals surface area contributed by atoms with Crippen LogP contribution in [0.3, 0.4) is 0 Å². The third-order valence-corrected chi connectivity index (χ3v) is 2.67. The Kier molecular flexibility index (Phi) is 4.63. The van der Waals surface area contributed by atoms with Crippen LogP contribution >= 0.6 is 0 Å². The third kappa shape index (κ3) is 4.09. The van der Waals surface area contributed by atoms with Gasteiger partial charge < -0.3 is 15.3 Å². The summed E-state index contributed by atoms with van der Waals surface area (Å²) in [6.07, 6.45) is 0. The van der Waals surface area contributed by atoms with Crippen LogP contribution in [0.5, 0.6) is 0 Å². The van der Waals surface area contributed by atoms with Gasteiger partial charge in [0.05, 0.1) is 12.1 Å². The van der Waals surface area contributed by atoms with E-state index in [0.29, 0.717) is 11.3 Å². The van der Waals surface area contributed by atoms with Crippen molar-refractivity contribution in [3.63, 3.8) is 0 Å². The first kappa shape index (κ1) is 14.7. The van der Waals surface area contributed by atoms with Crippen LogP contribution in [0.2, 0.25) is 0 Å². The fourth-order valence-electron chi connectivity index (χ4n) is 1.45. The zero-order valence-corrected chi connectivity index (χ0v) is 11.1. The van der Waals surface area contributed by atoms with E-state index in [9.17, 15) is 14.4 Å². The number of nitrogens with zero attached hydrogens (tertiary/aromatic N) is 1. The highest BCUT2D eigenvalue weighted by Crippen LogP contribution is 2.16. The van der Waals surface area contributed by atoms with Gasteiger partial charge in [-0.3, -0.25) is 9.59 Å². The number of carbonyl (C=O) groups excluding carboxylic acids is 2. The third-order valence-electron chi connectivity index (χ3n) is 2.67.